The summed E-state index contributed by atoms with van der Waals surface area (Å²) in [5.74, 6) is 0.125. The summed E-state index contributed by atoms with van der Waals surface area (Å²) in [6.45, 7) is 0. The van der Waals surface area contributed by atoms with Crippen LogP contribution in [0, 0.1) is 0 Å². The fourth-order valence-electron chi connectivity index (χ4n) is 0.427. The van der Waals surface area contributed by atoms with E-state index in [1.807, 2.05) is 0 Å². The van der Waals surface area contributed by atoms with Gasteiger partial charge in [0, 0.05) is 0 Å². The Hall–Kier alpha value is -0.520. The molecule has 7 N–H and O–H groups in total. The van der Waals surface area contributed by atoms with Gasteiger partial charge in [-0.3, -0.25) is 0 Å². The van der Waals surface area contributed by atoms with Gasteiger partial charge in [-0.2, -0.15) is 15.0 Å². The van der Waals surface area contributed by atoms with E-state index in [2.05, 4.69) is 15.0 Å². The predicted octanol–water partition coefficient (Wildman–Crippen LogP) is -5.04. The minimum absolute atomic E-state index is 0. The van der Waals surface area contributed by atoms with Crippen LogP contribution in [-0.2, 0) is 11.4 Å². The van der Waals surface area contributed by atoms with Crippen LogP contribution in [-0.4, -0.2) is 28.3 Å². The van der Waals surface area contributed by atoms with Gasteiger partial charge in [-0.05, 0) is 0 Å². The summed E-state index contributed by atoms with van der Waals surface area (Å²) in [5, 5.41) is 0. The van der Waals surface area contributed by atoms with E-state index in [1.165, 1.54) is 0 Å². The quantitative estimate of drug-likeness (QED) is 0.251. The van der Waals surface area contributed by atoms with E-state index in [1.54, 1.807) is 0 Å². The molecular formula is C3H7N6NaO3S. The smallest absolute Gasteiger partial charge is 0.750 e. The molecule has 0 bridgehead atoms. The first kappa shape index (κ1) is 15.9. The van der Waals surface area contributed by atoms with Crippen LogP contribution in [0.25, 0.3) is 0 Å². The predicted molar refractivity (Wildman–Crippen MR) is 44.6 cm³/mol. The molecule has 1 heterocycles. The molecule has 0 fully saturated rings. The maximum Gasteiger partial charge on any atom is 1.00 e. The first-order valence-corrected chi connectivity index (χ1v) is 3.76. The van der Waals surface area contributed by atoms with Gasteiger partial charge in [0.05, 0.1) is 11.4 Å². The van der Waals surface area contributed by atoms with Gasteiger partial charge in [0.25, 0.3) is 0 Å². The zero-order valence-corrected chi connectivity index (χ0v) is 10.1. The Kier molecular flexibility index (Phi) is 8.93. The Balaban J connectivity index is 0. The van der Waals surface area contributed by atoms with E-state index in [-0.39, 0.29) is 47.4 Å². The van der Waals surface area contributed by atoms with Crippen LogP contribution in [0.3, 0.4) is 0 Å². The maximum absolute atomic E-state index is 8.56. The van der Waals surface area contributed by atoms with Crippen LogP contribution in [0.1, 0.15) is 0 Å². The van der Waals surface area contributed by atoms with Crippen LogP contribution in [0.4, 0.5) is 17.8 Å². The molecule has 1 atom stereocenters. The normalized spacial score (nSPS) is 10.4. The summed E-state index contributed by atoms with van der Waals surface area (Å²) < 4.78 is 24.1. The molecule has 0 radical (unpaired) electrons. The maximum atomic E-state index is 8.56. The van der Waals surface area contributed by atoms with Crippen molar-refractivity contribution in [2.75, 3.05) is 17.2 Å². The number of nitrogens with two attached hydrogens (primary N) is 3. The number of rotatable bonds is 0. The van der Waals surface area contributed by atoms with Crippen molar-refractivity contribution in [3.8, 4) is 0 Å². The van der Waals surface area contributed by atoms with Gasteiger partial charge in [-0.1, -0.05) is 0 Å². The standard InChI is InChI=1S/C3H6N6.Na.H2O3S/c4-1-7-2(5)9-3(6)8-1;;1-4(2)3/h(H6,4,5,6,7,8,9);;(H2,1,2,3)/q;+1;/p-1. The van der Waals surface area contributed by atoms with Crippen molar-refractivity contribution < 1.29 is 42.9 Å². The molecule has 0 amide bonds. The van der Waals surface area contributed by atoms with E-state index >= 15 is 0 Å². The summed E-state index contributed by atoms with van der Waals surface area (Å²) in [5.41, 5.74) is 15.4. The van der Waals surface area contributed by atoms with E-state index in [0.29, 0.717) is 0 Å². The first-order valence-electron chi connectivity index (χ1n) is 2.72. The Morgan fingerprint density at radius 3 is 1.36 bits per heavy atom. The molecule has 1 aromatic heterocycles. The van der Waals surface area contributed by atoms with Gasteiger partial charge in [0.15, 0.2) is 0 Å². The summed E-state index contributed by atoms with van der Waals surface area (Å²) in [6.07, 6.45) is 0. The van der Waals surface area contributed by atoms with Gasteiger partial charge < -0.3 is 26.3 Å². The van der Waals surface area contributed by atoms with Crippen LogP contribution in [0.5, 0.6) is 0 Å². The molecular weight excluding hydrogens is 223 g/mol. The van der Waals surface area contributed by atoms with Crippen LogP contribution in [0.2, 0.25) is 0 Å². The van der Waals surface area contributed by atoms with Crippen LogP contribution >= 0.6 is 0 Å². The summed E-state index contributed by atoms with van der Waals surface area (Å²) in [6, 6.07) is 0. The third-order valence-electron chi connectivity index (χ3n) is 0.687. The Morgan fingerprint density at radius 1 is 1.07 bits per heavy atom. The fourth-order valence-corrected chi connectivity index (χ4v) is 0.427. The molecule has 0 aliphatic rings. The van der Waals surface area contributed by atoms with E-state index in [9.17, 15) is 0 Å². The SMILES string of the molecule is Nc1nc(N)nc(N)n1.O=S([O-])O.[Na+]. The minimum Gasteiger partial charge on any atom is -0.750 e. The van der Waals surface area contributed by atoms with Crippen LogP contribution in [0.15, 0.2) is 0 Å². The van der Waals surface area contributed by atoms with Crippen molar-refractivity contribution in [3.05, 3.63) is 0 Å². The minimum atomic E-state index is -2.86. The van der Waals surface area contributed by atoms with E-state index in [4.69, 9.17) is 30.5 Å². The molecule has 0 aliphatic heterocycles. The fraction of sp³-hybridized carbons (Fsp3) is 0. The first-order chi connectivity index (χ1) is 5.91. The van der Waals surface area contributed by atoms with E-state index < -0.39 is 11.4 Å². The number of nitrogens with zero attached hydrogens (tertiary/aromatic N) is 3. The van der Waals surface area contributed by atoms with Gasteiger partial charge in [0.2, 0.25) is 17.8 Å². The Bertz CT molecular complexity index is 256. The average Bonchev–Trinajstić information content (AvgIpc) is 1.80. The van der Waals surface area contributed by atoms with Gasteiger partial charge in [-0.25, -0.2) is 4.21 Å². The second-order valence-electron chi connectivity index (χ2n) is 1.63. The third-order valence-corrected chi connectivity index (χ3v) is 0.687. The monoisotopic (exact) mass is 230 g/mol. The molecule has 9 nitrogen and oxygen atoms in total. The van der Waals surface area contributed by atoms with Crippen molar-refractivity contribution >= 4 is 29.2 Å². The number of nitrogen functional groups attached to an aromatic ring is 3. The van der Waals surface area contributed by atoms with Gasteiger partial charge >= 0.3 is 29.6 Å². The van der Waals surface area contributed by atoms with Crippen molar-refractivity contribution in [3.63, 3.8) is 0 Å². The zero-order valence-electron chi connectivity index (χ0n) is 7.25. The Morgan fingerprint density at radius 2 is 1.21 bits per heavy atom. The molecule has 1 aromatic rings. The molecule has 11 heteroatoms. The number of hydrogen-bond donors (Lipinski definition) is 4. The number of hydrogen-bond acceptors (Lipinski definition) is 8. The second kappa shape index (κ2) is 7.84. The van der Waals surface area contributed by atoms with Crippen molar-refractivity contribution in [2.24, 2.45) is 0 Å². The molecule has 0 saturated carbocycles. The molecule has 14 heavy (non-hydrogen) atoms. The summed E-state index contributed by atoms with van der Waals surface area (Å²) >= 11 is -2.86. The molecule has 0 aromatic carbocycles. The summed E-state index contributed by atoms with van der Waals surface area (Å²) in [4.78, 5) is 10.5. The zero-order chi connectivity index (χ0) is 10.4. The van der Waals surface area contributed by atoms with Crippen molar-refractivity contribution in [2.45, 2.75) is 0 Å². The molecule has 0 aliphatic carbocycles. The molecule has 1 unspecified atom stereocenters. The molecule has 0 saturated heterocycles. The Labute approximate surface area is 104 Å². The second-order valence-corrected chi connectivity index (χ2v) is 2.06. The third kappa shape index (κ3) is 9.57. The topological polar surface area (TPSA) is 177 Å². The van der Waals surface area contributed by atoms with Gasteiger partial charge in [-0.15, -0.1) is 0 Å². The number of aromatic nitrogens is 3. The van der Waals surface area contributed by atoms with Crippen molar-refractivity contribution in [1.82, 2.24) is 15.0 Å². The molecule has 1 rings (SSSR count). The molecule has 74 valence electrons. The van der Waals surface area contributed by atoms with Gasteiger partial charge in [0.1, 0.15) is 0 Å². The van der Waals surface area contributed by atoms with Crippen LogP contribution < -0.4 is 46.8 Å². The molecule has 0 spiro atoms. The van der Waals surface area contributed by atoms with E-state index in [0.717, 1.165) is 0 Å². The average molecular weight is 230 g/mol. The number of anilines is 3. The largest absolute Gasteiger partial charge is 1.00 e. The van der Waals surface area contributed by atoms with Crippen molar-refractivity contribution in [1.29, 1.82) is 0 Å². The summed E-state index contributed by atoms with van der Waals surface area (Å²) in [7, 11) is 0.